The molecule has 1 saturated heterocycles. The number of nitrogens with zero attached hydrogens (tertiary/aromatic N) is 2. The highest BCUT2D eigenvalue weighted by molar-refractivity contribution is 5.68. The third kappa shape index (κ3) is 8.49. The maximum atomic E-state index is 11.3. The number of allylic oxidation sites excluding steroid dienone is 4. The van der Waals surface area contributed by atoms with Crippen molar-refractivity contribution in [2.75, 3.05) is 26.2 Å². The second-order valence-electron chi connectivity index (χ2n) is 10.8. The van der Waals surface area contributed by atoms with Gasteiger partial charge in [-0.2, -0.15) is 0 Å². The summed E-state index contributed by atoms with van der Waals surface area (Å²) in [5.74, 6) is -3.09. The van der Waals surface area contributed by atoms with Crippen molar-refractivity contribution in [2.45, 2.75) is 89.9 Å². The predicted octanol–water partition coefficient (Wildman–Crippen LogP) is 4.17. The quantitative estimate of drug-likeness (QED) is 0.255. The molecule has 1 aliphatic heterocycles. The molecule has 3 rings (SSSR count). The second kappa shape index (κ2) is 14.2. The number of hydrogen-bond acceptors (Lipinski definition) is 6. The predicted molar refractivity (Wildman–Crippen MR) is 139 cm³/mol. The van der Waals surface area contributed by atoms with Crippen molar-refractivity contribution in [3.8, 4) is 0 Å². The highest BCUT2D eigenvalue weighted by atomic mass is 16.4. The second-order valence-corrected chi connectivity index (χ2v) is 10.8. The fourth-order valence-corrected chi connectivity index (χ4v) is 6.56. The van der Waals surface area contributed by atoms with E-state index in [9.17, 15) is 39.6 Å². The van der Waals surface area contributed by atoms with Crippen LogP contribution in [0.1, 0.15) is 89.9 Å². The third-order valence-electron chi connectivity index (χ3n) is 8.22. The summed E-state index contributed by atoms with van der Waals surface area (Å²) in [5.41, 5.74) is 4.57. The third-order valence-corrected chi connectivity index (χ3v) is 8.22. The minimum Gasteiger partial charge on any atom is -0.481 e. The van der Waals surface area contributed by atoms with Crippen LogP contribution >= 0.6 is 0 Å². The Morgan fingerprint density at radius 2 is 0.921 bits per heavy atom. The molecule has 0 aromatic carbocycles. The molecule has 0 bridgehead atoms. The molecule has 4 N–H and O–H groups in total. The zero-order valence-corrected chi connectivity index (χ0v) is 22.2. The van der Waals surface area contributed by atoms with Crippen LogP contribution in [0.4, 0.5) is 0 Å². The van der Waals surface area contributed by atoms with Crippen molar-refractivity contribution in [1.29, 1.82) is 0 Å². The molecule has 2 atom stereocenters. The molecule has 2 aliphatic carbocycles. The molecule has 0 spiro atoms. The molecule has 1 fully saturated rings. The van der Waals surface area contributed by atoms with E-state index in [0.717, 1.165) is 87.2 Å². The Hall–Kier alpha value is -3.04. The molecule has 10 nitrogen and oxygen atoms in total. The van der Waals surface area contributed by atoms with Crippen molar-refractivity contribution >= 4 is 23.9 Å². The summed E-state index contributed by atoms with van der Waals surface area (Å²) in [7, 11) is 0. The van der Waals surface area contributed by atoms with Crippen LogP contribution in [0.5, 0.6) is 0 Å². The minimum atomic E-state index is -0.833. The molecule has 10 heteroatoms. The van der Waals surface area contributed by atoms with Gasteiger partial charge < -0.3 is 30.2 Å². The van der Waals surface area contributed by atoms with E-state index in [-0.39, 0.29) is 37.5 Å². The summed E-state index contributed by atoms with van der Waals surface area (Å²) < 4.78 is 0. The van der Waals surface area contributed by atoms with Gasteiger partial charge in [0.1, 0.15) is 0 Å². The van der Waals surface area contributed by atoms with E-state index in [1.807, 2.05) is 0 Å². The average Bonchev–Trinajstić information content (AvgIpc) is 2.88. The lowest BCUT2D eigenvalue weighted by Gasteiger charge is -2.46. The van der Waals surface area contributed by atoms with Gasteiger partial charge in [0.15, 0.2) is 0 Å². The zero-order chi connectivity index (χ0) is 27.7. The molecular weight excluding hydrogens is 492 g/mol. The molecule has 0 radical (unpaired) electrons. The van der Waals surface area contributed by atoms with E-state index in [4.69, 9.17) is 0 Å². The molecule has 0 saturated carbocycles. The highest BCUT2D eigenvalue weighted by Gasteiger charge is 2.33. The zero-order valence-electron chi connectivity index (χ0n) is 22.2. The molecule has 0 amide bonds. The van der Waals surface area contributed by atoms with Gasteiger partial charge in [0.2, 0.25) is 0 Å². The van der Waals surface area contributed by atoms with E-state index >= 15 is 0 Å². The van der Waals surface area contributed by atoms with Crippen LogP contribution in [0, 0.1) is 11.8 Å². The van der Waals surface area contributed by atoms with Crippen molar-refractivity contribution in [3.05, 3.63) is 22.5 Å². The number of rotatable bonds is 14. The smallest absolute Gasteiger partial charge is 0.303 e. The maximum Gasteiger partial charge on any atom is 0.303 e. The number of hydrogen-bond donors (Lipinski definition) is 4. The first kappa shape index (κ1) is 29.5. The monoisotopic (exact) mass is 534 g/mol. The van der Waals surface area contributed by atoms with E-state index in [1.165, 1.54) is 0 Å². The number of aliphatic carboxylic acids is 4. The number of carboxylic acids is 4. The first-order chi connectivity index (χ1) is 18.2. The summed E-state index contributed by atoms with van der Waals surface area (Å²) in [4.78, 5) is 49.8. The van der Waals surface area contributed by atoms with E-state index in [2.05, 4.69) is 9.80 Å². The van der Waals surface area contributed by atoms with E-state index in [1.54, 1.807) is 0 Å². The normalized spacial score (nSPS) is 22.5. The van der Waals surface area contributed by atoms with Crippen LogP contribution < -0.4 is 0 Å². The largest absolute Gasteiger partial charge is 0.481 e. The lowest BCUT2D eigenvalue weighted by atomic mass is 9.81. The Morgan fingerprint density at radius 1 is 0.579 bits per heavy atom. The number of carbonyl (C=O) groups is 4. The van der Waals surface area contributed by atoms with Gasteiger partial charge in [-0.1, -0.05) is 11.1 Å². The summed E-state index contributed by atoms with van der Waals surface area (Å²) in [6, 6.07) is 0. The lowest BCUT2D eigenvalue weighted by Crippen LogP contribution is -2.48. The number of carboxylic acid groups (broad SMARTS) is 4. The average molecular weight is 535 g/mol. The van der Waals surface area contributed by atoms with Crippen LogP contribution in [0.2, 0.25) is 0 Å². The van der Waals surface area contributed by atoms with Crippen molar-refractivity contribution in [2.24, 2.45) is 11.8 Å². The van der Waals surface area contributed by atoms with Gasteiger partial charge in [-0.05, 0) is 76.0 Å². The van der Waals surface area contributed by atoms with Gasteiger partial charge >= 0.3 is 23.9 Å². The van der Waals surface area contributed by atoms with E-state index in [0.29, 0.717) is 25.7 Å². The molecule has 1 heterocycles. The van der Waals surface area contributed by atoms with Crippen LogP contribution in [-0.4, -0.2) is 80.3 Å². The fourth-order valence-electron chi connectivity index (χ4n) is 6.56. The molecule has 2 unspecified atom stereocenters. The molecule has 212 valence electrons. The molecule has 0 aromatic heterocycles. The van der Waals surface area contributed by atoms with Crippen LogP contribution in [0.25, 0.3) is 0 Å². The van der Waals surface area contributed by atoms with Crippen molar-refractivity contribution < 1.29 is 39.6 Å². The summed E-state index contributed by atoms with van der Waals surface area (Å²) in [6.07, 6.45) is 7.73. The first-order valence-corrected chi connectivity index (χ1v) is 14.0. The highest BCUT2D eigenvalue weighted by Crippen LogP contribution is 2.40. The molecular formula is C28H42N2O8. The molecule has 3 aliphatic rings. The standard InChI is InChI=1S/C28H42N2O8/c31-23(32)11-7-19-3-1-4-20(8-12-24(33)34)27(19)29-15-17-30(18-16-29)28-21(9-13-25(35)36)5-2-6-22(28)10-14-26(37)38/h19,21H,1-18H2,(H,31,32)(H,33,34)(H,35,36)(H,37,38). The Morgan fingerprint density at radius 3 is 1.24 bits per heavy atom. The van der Waals surface area contributed by atoms with Gasteiger partial charge in [0.25, 0.3) is 0 Å². The Bertz CT molecular complexity index is 873. The van der Waals surface area contributed by atoms with Gasteiger partial charge in [-0.25, -0.2) is 0 Å². The summed E-state index contributed by atoms with van der Waals surface area (Å²) >= 11 is 0. The van der Waals surface area contributed by atoms with Crippen LogP contribution in [-0.2, 0) is 19.2 Å². The van der Waals surface area contributed by atoms with Crippen LogP contribution in [0.15, 0.2) is 22.5 Å². The van der Waals surface area contributed by atoms with Crippen LogP contribution in [0.3, 0.4) is 0 Å². The van der Waals surface area contributed by atoms with Crippen molar-refractivity contribution in [3.63, 3.8) is 0 Å². The Labute approximate surface area is 224 Å². The van der Waals surface area contributed by atoms with E-state index < -0.39 is 23.9 Å². The summed E-state index contributed by atoms with van der Waals surface area (Å²) in [5, 5.41) is 37.1. The topological polar surface area (TPSA) is 156 Å². The molecule has 0 aromatic rings. The molecule has 38 heavy (non-hydrogen) atoms. The van der Waals surface area contributed by atoms with Gasteiger partial charge in [-0.15, -0.1) is 0 Å². The Balaban J connectivity index is 1.81. The SMILES string of the molecule is O=C(O)CCC1=C(N2CCN(C3=C(CCC(=O)O)CCCC3CCC(=O)O)CC2)C(CCC(=O)O)CCC1. The van der Waals surface area contributed by atoms with Crippen molar-refractivity contribution in [1.82, 2.24) is 9.80 Å². The fraction of sp³-hybridized carbons (Fsp3) is 0.714. The number of piperazine rings is 1. The summed E-state index contributed by atoms with van der Waals surface area (Å²) in [6.45, 7) is 2.88. The van der Waals surface area contributed by atoms with Gasteiger partial charge in [0, 0.05) is 63.3 Å². The van der Waals surface area contributed by atoms with Gasteiger partial charge in [0.05, 0.1) is 0 Å². The first-order valence-electron chi connectivity index (χ1n) is 14.0. The Kier molecular flexibility index (Phi) is 11.0. The lowest BCUT2D eigenvalue weighted by molar-refractivity contribution is -0.138. The van der Waals surface area contributed by atoms with Gasteiger partial charge in [-0.3, -0.25) is 19.2 Å². The minimum absolute atomic E-state index is 0.0650. The maximum absolute atomic E-state index is 11.3.